The van der Waals surface area contributed by atoms with Crippen molar-refractivity contribution >= 4 is 5.69 Å². The van der Waals surface area contributed by atoms with Gasteiger partial charge in [0.2, 0.25) is 0 Å². The molecule has 1 aliphatic rings. The highest BCUT2D eigenvalue weighted by Gasteiger charge is 2.24. The number of rotatable bonds is 2. The average molecular weight is 204 g/mol. The van der Waals surface area contributed by atoms with Crippen LogP contribution in [-0.2, 0) is 0 Å². The van der Waals surface area contributed by atoms with Gasteiger partial charge in [0.05, 0.1) is 5.56 Å². The summed E-state index contributed by atoms with van der Waals surface area (Å²) in [4.78, 5) is 0. The largest absolute Gasteiger partial charge is 0.382 e. The highest BCUT2D eigenvalue weighted by Crippen LogP contribution is 2.29. The fourth-order valence-corrected chi connectivity index (χ4v) is 1.95. The van der Waals surface area contributed by atoms with Crippen molar-refractivity contribution in [1.82, 2.24) is 0 Å². The van der Waals surface area contributed by atoms with Crippen LogP contribution in [0.4, 0.5) is 10.1 Å². The van der Waals surface area contributed by atoms with Crippen molar-refractivity contribution in [2.45, 2.75) is 25.8 Å². The van der Waals surface area contributed by atoms with Crippen LogP contribution < -0.4 is 5.32 Å². The summed E-state index contributed by atoms with van der Waals surface area (Å²) in [7, 11) is 0. The van der Waals surface area contributed by atoms with E-state index in [4.69, 9.17) is 5.26 Å². The van der Waals surface area contributed by atoms with Gasteiger partial charge < -0.3 is 5.32 Å². The second-order valence-corrected chi connectivity index (χ2v) is 4.22. The van der Waals surface area contributed by atoms with Gasteiger partial charge in [-0.05, 0) is 37.0 Å². The number of anilines is 1. The van der Waals surface area contributed by atoms with Crippen molar-refractivity contribution in [3.05, 3.63) is 29.6 Å². The van der Waals surface area contributed by atoms with Crippen LogP contribution in [0.1, 0.15) is 25.3 Å². The minimum Gasteiger partial charge on any atom is -0.382 e. The van der Waals surface area contributed by atoms with Gasteiger partial charge in [0, 0.05) is 11.7 Å². The summed E-state index contributed by atoms with van der Waals surface area (Å²) in [5, 5.41) is 11.8. The predicted molar refractivity (Wildman–Crippen MR) is 56.9 cm³/mol. The van der Waals surface area contributed by atoms with Crippen LogP contribution in [0.2, 0.25) is 0 Å². The second-order valence-electron chi connectivity index (χ2n) is 4.22. The van der Waals surface area contributed by atoms with Gasteiger partial charge in [0.25, 0.3) is 0 Å². The Morgan fingerprint density at radius 3 is 2.73 bits per heavy atom. The molecule has 0 heterocycles. The molecule has 0 unspecified atom stereocenters. The lowest BCUT2D eigenvalue weighted by atomic mass is 9.82. The maximum Gasteiger partial charge on any atom is 0.143 e. The Bertz CT molecular complexity index is 403. The van der Waals surface area contributed by atoms with Crippen molar-refractivity contribution in [2.24, 2.45) is 5.92 Å². The Kier molecular flexibility index (Phi) is 2.59. The summed E-state index contributed by atoms with van der Waals surface area (Å²) >= 11 is 0. The van der Waals surface area contributed by atoms with Crippen molar-refractivity contribution in [1.29, 1.82) is 5.26 Å². The summed E-state index contributed by atoms with van der Waals surface area (Å²) < 4.78 is 13.2. The molecule has 1 aromatic carbocycles. The number of nitriles is 1. The topological polar surface area (TPSA) is 35.8 Å². The number of nitrogens with one attached hydrogen (secondary N) is 1. The first-order chi connectivity index (χ1) is 7.19. The van der Waals surface area contributed by atoms with Crippen LogP contribution in [0.15, 0.2) is 18.2 Å². The summed E-state index contributed by atoms with van der Waals surface area (Å²) in [6.45, 7) is 2.21. The van der Waals surface area contributed by atoms with Crippen LogP contribution >= 0.6 is 0 Å². The molecule has 0 bridgehead atoms. The fraction of sp³-hybridized carbons (Fsp3) is 0.417. The molecule has 1 fully saturated rings. The molecule has 0 spiro atoms. The molecule has 1 aromatic rings. The van der Waals surface area contributed by atoms with Crippen LogP contribution in [0, 0.1) is 23.1 Å². The van der Waals surface area contributed by atoms with E-state index >= 15 is 0 Å². The molecule has 1 N–H and O–H groups in total. The Balaban J connectivity index is 2.04. The van der Waals surface area contributed by atoms with Crippen LogP contribution in [0.5, 0.6) is 0 Å². The van der Waals surface area contributed by atoms with E-state index in [1.54, 1.807) is 6.07 Å². The second kappa shape index (κ2) is 3.90. The highest BCUT2D eigenvalue weighted by molar-refractivity contribution is 5.49. The lowest BCUT2D eigenvalue weighted by Gasteiger charge is -2.34. The zero-order valence-corrected chi connectivity index (χ0v) is 8.63. The summed E-state index contributed by atoms with van der Waals surface area (Å²) in [5.41, 5.74) is 0.867. The van der Waals surface area contributed by atoms with Gasteiger partial charge in [0.1, 0.15) is 11.9 Å². The molecule has 1 aliphatic carbocycles. The molecule has 1 saturated carbocycles. The van der Waals surface area contributed by atoms with E-state index in [0.29, 0.717) is 6.04 Å². The molecule has 3 heteroatoms. The van der Waals surface area contributed by atoms with Crippen molar-refractivity contribution in [3.63, 3.8) is 0 Å². The monoisotopic (exact) mass is 204 g/mol. The Hall–Kier alpha value is -1.56. The van der Waals surface area contributed by atoms with Crippen molar-refractivity contribution < 1.29 is 4.39 Å². The maximum atomic E-state index is 13.2. The van der Waals surface area contributed by atoms with Crippen LogP contribution in [0.25, 0.3) is 0 Å². The first kappa shape index (κ1) is 9.97. The minimum absolute atomic E-state index is 0.0996. The molecule has 15 heavy (non-hydrogen) atoms. The molecule has 0 amide bonds. The highest BCUT2D eigenvalue weighted by atomic mass is 19.1. The number of halogens is 1. The Morgan fingerprint density at radius 1 is 1.47 bits per heavy atom. The number of hydrogen-bond donors (Lipinski definition) is 1. The molecule has 2 rings (SSSR count). The average Bonchev–Trinajstić information content (AvgIpc) is 2.16. The molecule has 0 aliphatic heterocycles. The Morgan fingerprint density at radius 2 is 2.20 bits per heavy atom. The SMILES string of the molecule is CC1CC(Nc2ccc(C#N)c(F)c2)C1. The lowest BCUT2D eigenvalue weighted by Crippen LogP contribution is -2.33. The van der Waals surface area contributed by atoms with Gasteiger partial charge in [-0.2, -0.15) is 5.26 Å². The van der Waals surface area contributed by atoms with Gasteiger partial charge >= 0.3 is 0 Å². The predicted octanol–water partition coefficient (Wildman–Crippen LogP) is 2.91. The number of benzene rings is 1. The lowest BCUT2D eigenvalue weighted by molar-refractivity contribution is 0.309. The molecule has 78 valence electrons. The van der Waals surface area contributed by atoms with Gasteiger partial charge in [0.15, 0.2) is 0 Å². The molecule has 0 atom stereocenters. The zero-order chi connectivity index (χ0) is 10.8. The van der Waals surface area contributed by atoms with E-state index in [1.807, 2.05) is 6.07 Å². The van der Waals surface area contributed by atoms with E-state index in [9.17, 15) is 4.39 Å². The standard InChI is InChI=1S/C12H13FN2/c1-8-4-11(5-8)15-10-3-2-9(7-14)12(13)6-10/h2-3,6,8,11,15H,4-5H2,1H3. The summed E-state index contributed by atoms with van der Waals surface area (Å²) in [6, 6.07) is 6.93. The molecular formula is C12H13FN2. The third-order valence-corrected chi connectivity index (χ3v) is 2.83. The molecular weight excluding hydrogens is 191 g/mol. The van der Waals surface area contributed by atoms with Gasteiger partial charge in [-0.25, -0.2) is 4.39 Å². The van der Waals surface area contributed by atoms with Crippen LogP contribution in [0.3, 0.4) is 0 Å². The van der Waals surface area contributed by atoms with Gasteiger partial charge in [-0.1, -0.05) is 6.92 Å². The molecule has 0 aromatic heterocycles. The van der Waals surface area contributed by atoms with E-state index in [1.165, 1.54) is 12.1 Å². The smallest absolute Gasteiger partial charge is 0.143 e. The first-order valence-corrected chi connectivity index (χ1v) is 5.15. The zero-order valence-electron chi connectivity index (χ0n) is 8.63. The minimum atomic E-state index is -0.449. The first-order valence-electron chi connectivity index (χ1n) is 5.15. The molecule has 0 saturated heterocycles. The maximum absolute atomic E-state index is 13.2. The van der Waals surface area contributed by atoms with Gasteiger partial charge in [-0.15, -0.1) is 0 Å². The van der Waals surface area contributed by atoms with E-state index in [0.717, 1.165) is 24.4 Å². The number of nitrogens with zero attached hydrogens (tertiary/aromatic N) is 1. The van der Waals surface area contributed by atoms with Crippen molar-refractivity contribution in [2.75, 3.05) is 5.32 Å². The third-order valence-electron chi connectivity index (χ3n) is 2.83. The van der Waals surface area contributed by atoms with E-state index in [2.05, 4.69) is 12.2 Å². The summed E-state index contributed by atoms with van der Waals surface area (Å²) in [6.07, 6.45) is 2.28. The van der Waals surface area contributed by atoms with E-state index in [-0.39, 0.29) is 5.56 Å². The molecule has 0 radical (unpaired) electrons. The van der Waals surface area contributed by atoms with Crippen molar-refractivity contribution in [3.8, 4) is 6.07 Å². The normalized spacial score (nSPS) is 24.1. The fourth-order valence-electron chi connectivity index (χ4n) is 1.95. The molecule has 2 nitrogen and oxygen atoms in total. The van der Waals surface area contributed by atoms with E-state index < -0.39 is 5.82 Å². The third kappa shape index (κ3) is 2.10. The van der Waals surface area contributed by atoms with Gasteiger partial charge in [-0.3, -0.25) is 0 Å². The quantitative estimate of drug-likeness (QED) is 0.804. The Labute approximate surface area is 88.7 Å². The summed E-state index contributed by atoms with van der Waals surface area (Å²) in [5.74, 6) is 0.320. The van der Waals surface area contributed by atoms with Crippen LogP contribution in [-0.4, -0.2) is 6.04 Å². The number of hydrogen-bond acceptors (Lipinski definition) is 2.